The molecule has 0 saturated heterocycles. The van der Waals surface area contributed by atoms with Gasteiger partial charge in [-0.2, -0.15) is 0 Å². The highest BCUT2D eigenvalue weighted by molar-refractivity contribution is 6.05. The number of hydrogen-bond acceptors (Lipinski definition) is 4. The molecule has 0 bridgehead atoms. The van der Waals surface area contributed by atoms with Gasteiger partial charge in [-0.15, -0.1) is 0 Å². The molecule has 4 nitrogen and oxygen atoms in total. The molecule has 1 aliphatic rings. The average Bonchev–Trinajstić information content (AvgIpc) is 2.44. The van der Waals surface area contributed by atoms with Gasteiger partial charge in [-0.3, -0.25) is 14.4 Å². The van der Waals surface area contributed by atoms with E-state index in [2.05, 4.69) is 13.8 Å². The van der Waals surface area contributed by atoms with Crippen LogP contribution in [-0.2, 0) is 14.4 Å². The number of ketones is 3. The highest BCUT2D eigenvalue weighted by Gasteiger charge is 2.53. The summed E-state index contributed by atoms with van der Waals surface area (Å²) in [4.78, 5) is 36.9. The lowest BCUT2D eigenvalue weighted by Gasteiger charge is -2.44. The van der Waals surface area contributed by atoms with Gasteiger partial charge >= 0.3 is 0 Å². The summed E-state index contributed by atoms with van der Waals surface area (Å²) in [5.74, 6) is -2.63. The molecular weight excluding hydrogens is 304 g/mol. The van der Waals surface area contributed by atoms with E-state index in [4.69, 9.17) is 0 Å². The van der Waals surface area contributed by atoms with Crippen LogP contribution in [0.3, 0.4) is 0 Å². The summed E-state index contributed by atoms with van der Waals surface area (Å²) in [5.41, 5.74) is 0.468. The van der Waals surface area contributed by atoms with E-state index in [0.29, 0.717) is 5.92 Å². The van der Waals surface area contributed by atoms with Gasteiger partial charge in [0.15, 0.2) is 0 Å². The number of aliphatic hydroxyl groups is 1. The minimum atomic E-state index is -1.43. The summed E-state index contributed by atoms with van der Waals surface area (Å²) in [7, 11) is 0. The quantitative estimate of drug-likeness (QED) is 0.861. The molecule has 4 atom stereocenters. The van der Waals surface area contributed by atoms with E-state index >= 15 is 0 Å². The highest BCUT2D eigenvalue weighted by atomic mass is 16.3. The van der Waals surface area contributed by atoms with Gasteiger partial charge in [-0.25, -0.2) is 0 Å². The summed E-state index contributed by atoms with van der Waals surface area (Å²) in [6.45, 7) is 8.49. The zero-order valence-electron chi connectivity index (χ0n) is 15.0. The fourth-order valence-corrected chi connectivity index (χ4v) is 4.01. The topological polar surface area (TPSA) is 71.4 Å². The number of rotatable bonds is 4. The normalized spacial score (nSPS) is 30.5. The monoisotopic (exact) mass is 330 g/mol. The number of carbonyl (C=O) groups excluding carboxylic acids is 3. The molecule has 0 aromatic heterocycles. The van der Waals surface area contributed by atoms with Crippen molar-refractivity contribution in [2.24, 2.45) is 11.8 Å². The van der Waals surface area contributed by atoms with Gasteiger partial charge in [-0.1, -0.05) is 38.1 Å². The van der Waals surface area contributed by atoms with Gasteiger partial charge < -0.3 is 5.11 Å². The second-order valence-corrected chi connectivity index (χ2v) is 7.52. The summed E-state index contributed by atoms with van der Waals surface area (Å²) in [5, 5.41) is 10.7. The van der Waals surface area contributed by atoms with Crippen molar-refractivity contribution >= 4 is 17.3 Å². The van der Waals surface area contributed by atoms with E-state index < -0.39 is 23.4 Å². The van der Waals surface area contributed by atoms with Gasteiger partial charge in [0.2, 0.25) is 0 Å². The van der Waals surface area contributed by atoms with Crippen molar-refractivity contribution in [3.63, 3.8) is 0 Å². The van der Waals surface area contributed by atoms with Crippen LogP contribution in [0.4, 0.5) is 0 Å². The SMILES string of the molecule is CC(=O)[C@@H]1C(=O)C[C@@](C)(O)[C@@H](C(C)=O)[C@@H]1c1ccc(C(C)C)cc1. The maximum Gasteiger partial charge on any atom is 0.146 e. The summed E-state index contributed by atoms with van der Waals surface area (Å²) >= 11 is 0. The molecule has 1 saturated carbocycles. The maximum absolute atomic E-state index is 12.5. The van der Waals surface area contributed by atoms with Crippen LogP contribution >= 0.6 is 0 Å². The zero-order valence-corrected chi connectivity index (χ0v) is 15.0. The Balaban J connectivity index is 2.58. The summed E-state index contributed by atoms with van der Waals surface area (Å²) in [6.07, 6.45) is -0.165. The molecular formula is C20H26O4. The molecule has 4 heteroatoms. The Morgan fingerprint density at radius 2 is 1.67 bits per heavy atom. The molecule has 1 aromatic rings. The highest BCUT2D eigenvalue weighted by Crippen LogP contribution is 2.46. The molecule has 1 fully saturated rings. The van der Waals surface area contributed by atoms with E-state index in [-0.39, 0.29) is 23.8 Å². The molecule has 0 aliphatic heterocycles. The largest absolute Gasteiger partial charge is 0.389 e. The fraction of sp³-hybridized carbons (Fsp3) is 0.550. The lowest BCUT2D eigenvalue weighted by atomic mass is 9.60. The van der Waals surface area contributed by atoms with Crippen LogP contribution in [0.2, 0.25) is 0 Å². The van der Waals surface area contributed by atoms with Crippen LogP contribution in [0.15, 0.2) is 24.3 Å². The van der Waals surface area contributed by atoms with Crippen molar-refractivity contribution < 1.29 is 19.5 Å². The van der Waals surface area contributed by atoms with Crippen LogP contribution in [-0.4, -0.2) is 28.1 Å². The Morgan fingerprint density at radius 1 is 1.12 bits per heavy atom. The molecule has 24 heavy (non-hydrogen) atoms. The number of Topliss-reactive ketones (excluding diaryl/α,β-unsaturated/α-hetero) is 3. The molecule has 1 N–H and O–H groups in total. The first-order valence-corrected chi connectivity index (χ1v) is 8.42. The lowest BCUT2D eigenvalue weighted by molar-refractivity contribution is -0.151. The van der Waals surface area contributed by atoms with Crippen molar-refractivity contribution in [2.45, 2.75) is 58.5 Å². The van der Waals surface area contributed by atoms with E-state index in [9.17, 15) is 19.5 Å². The molecule has 1 aliphatic carbocycles. The summed E-state index contributed by atoms with van der Waals surface area (Å²) < 4.78 is 0. The number of carbonyl (C=O) groups is 3. The lowest BCUT2D eigenvalue weighted by Crippen LogP contribution is -2.53. The maximum atomic E-state index is 12.5. The molecule has 130 valence electrons. The van der Waals surface area contributed by atoms with E-state index in [1.165, 1.54) is 20.8 Å². The third kappa shape index (κ3) is 3.34. The van der Waals surface area contributed by atoms with Crippen molar-refractivity contribution in [1.82, 2.24) is 0 Å². The van der Waals surface area contributed by atoms with Crippen LogP contribution in [0, 0.1) is 11.8 Å². The van der Waals surface area contributed by atoms with Gasteiger partial charge in [0, 0.05) is 12.3 Å². The van der Waals surface area contributed by atoms with Crippen molar-refractivity contribution in [2.75, 3.05) is 0 Å². The molecule has 0 radical (unpaired) electrons. The first-order chi connectivity index (χ1) is 11.1. The Kier molecular flexibility index (Phi) is 5.09. The Labute approximate surface area is 143 Å². The van der Waals surface area contributed by atoms with Gasteiger partial charge in [0.1, 0.15) is 17.3 Å². The second-order valence-electron chi connectivity index (χ2n) is 7.52. The zero-order chi connectivity index (χ0) is 18.2. The van der Waals surface area contributed by atoms with Gasteiger partial charge in [0.25, 0.3) is 0 Å². The Bertz CT molecular complexity index is 655. The van der Waals surface area contributed by atoms with Crippen LogP contribution in [0.25, 0.3) is 0 Å². The molecule has 1 aromatic carbocycles. The van der Waals surface area contributed by atoms with Crippen molar-refractivity contribution in [3.05, 3.63) is 35.4 Å². The minimum Gasteiger partial charge on any atom is -0.389 e. The molecule has 2 rings (SSSR count). The number of benzene rings is 1. The van der Waals surface area contributed by atoms with E-state index in [1.54, 1.807) is 0 Å². The fourth-order valence-electron chi connectivity index (χ4n) is 4.01. The van der Waals surface area contributed by atoms with E-state index in [1.807, 2.05) is 24.3 Å². The predicted molar refractivity (Wildman–Crippen MR) is 91.9 cm³/mol. The third-order valence-corrected chi connectivity index (χ3v) is 5.13. The van der Waals surface area contributed by atoms with Gasteiger partial charge in [-0.05, 0) is 37.8 Å². The van der Waals surface area contributed by atoms with Crippen molar-refractivity contribution in [3.8, 4) is 0 Å². The number of hydrogen-bond donors (Lipinski definition) is 1. The standard InChI is InChI=1S/C20H26O4/c1-11(2)14-6-8-15(9-7-14)18-17(12(3)21)16(23)10-20(5,24)19(18)13(4)22/h6-9,11,17-19,24H,10H2,1-5H3/t17-,18-,19+,20-/m1/s1. The van der Waals surface area contributed by atoms with Crippen LogP contribution < -0.4 is 0 Å². The van der Waals surface area contributed by atoms with Crippen molar-refractivity contribution in [1.29, 1.82) is 0 Å². The predicted octanol–water partition coefficient (Wildman–Crippen LogP) is 3.03. The molecule has 0 unspecified atom stereocenters. The smallest absolute Gasteiger partial charge is 0.146 e. The average molecular weight is 330 g/mol. The minimum absolute atomic E-state index is 0.165. The van der Waals surface area contributed by atoms with Crippen LogP contribution in [0.5, 0.6) is 0 Å². The second kappa shape index (κ2) is 6.60. The molecule has 0 heterocycles. The Hall–Kier alpha value is -1.81. The van der Waals surface area contributed by atoms with E-state index in [0.717, 1.165) is 11.1 Å². The van der Waals surface area contributed by atoms with Gasteiger partial charge in [0.05, 0.1) is 17.4 Å². The molecule has 0 spiro atoms. The molecule has 0 amide bonds. The first kappa shape index (κ1) is 18.5. The summed E-state index contributed by atoms with van der Waals surface area (Å²) in [6, 6.07) is 7.67. The third-order valence-electron chi connectivity index (χ3n) is 5.13. The Morgan fingerprint density at radius 3 is 2.08 bits per heavy atom. The van der Waals surface area contributed by atoms with Crippen LogP contribution in [0.1, 0.15) is 64.0 Å². The first-order valence-electron chi connectivity index (χ1n) is 8.42.